The van der Waals surface area contributed by atoms with Crippen LogP contribution in [-0.2, 0) is 16.8 Å². The summed E-state index contributed by atoms with van der Waals surface area (Å²) in [4.78, 5) is 11.8. The van der Waals surface area contributed by atoms with Crippen LogP contribution in [0.2, 0.25) is 5.02 Å². The Morgan fingerprint density at radius 1 is 1.43 bits per heavy atom. The lowest BCUT2D eigenvalue weighted by atomic mass is 9.96. The van der Waals surface area contributed by atoms with Gasteiger partial charge < -0.3 is 14.9 Å². The average molecular weight is 309 g/mol. The molecule has 0 spiro atoms. The molecule has 5 nitrogen and oxygen atoms in total. The quantitative estimate of drug-likeness (QED) is 0.888. The zero-order valence-corrected chi connectivity index (χ0v) is 12.6. The molecule has 0 aliphatic heterocycles. The van der Waals surface area contributed by atoms with E-state index < -0.39 is 5.60 Å². The highest BCUT2D eigenvalue weighted by molar-refractivity contribution is 6.30. The number of carbonyl (C=O) groups is 1. The lowest BCUT2D eigenvalue weighted by molar-refractivity contribution is -0.121. The van der Waals surface area contributed by atoms with Gasteiger partial charge in [0.15, 0.2) is 0 Å². The lowest BCUT2D eigenvalue weighted by Gasteiger charge is -2.24. The monoisotopic (exact) mass is 308 g/mol. The molecule has 1 amide bonds. The van der Waals surface area contributed by atoms with Gasteiger partial charge >= 0.3 is 0 Å². The minimum Gasteiger partial charge on any atom is -0.384 e. The fourth-order valence-corrected chi connectivity index (χ4v) is 2.04. The van der Waals surface area contributed by atoms with E-state index in [1.165, 1.54) is 0 Å². The molecule has 1 atom stereocenters. The van der Waals surface area contributed by atoms with Crippen molar-refractivity contribution in [1.29, 1.82) is 0 Å². The molecule has 2 rings (SSSR count). The first-order chi connectivity index (χ1) is 9.87. The molecular weight excluding hydrogens is 292 g/mol. The normalized spacial score (nSPS) is 13.7. The van der Waals surface area contributed by atoms with Crippen molar-refractivity contribution in [2.75, 3.05) is 6.54 Å². The molecule has 0 aliphatic carbocycles. The Labute approximate surface area is 127 Å². The summed E-state index contributed by atoms with van der Waals surface area (Å²) in [6.45, 7) is 3.50. The van der Waals surface area contributed by atoms with Crippen molar-refractivity contribution in [3.8, 4) is 0 Å². The molecule has 1 aromatic heterocycles. The highest BCUT2D eigenvalue weighted by Gasteiger charge is 2.23. The molecule has 2 aromatic rings. The summed E-state index contributed by atoms with van der Waals surface area (Å²) < 4.78 is 4.90. The van der Waals surface area contributed by atoms with Gasteiger partial charge in [0, 0.05) is 11.1 Å². The van der Waals surface area contributed by atoms with Crippen LogP contribution in [-0.4, -0.2) is 22.7 Å². The van der Waals surface area contributed by atoms with Crippen LogP contribution in [0.15, 0.2) is 34.9 Å². The van der Waals surface area contributed by atoms with E-state index in [-0.39, 0.29) is 18.9 Å². The number of aliphatic hydroxyl groups is 1. The van der Waals surface area contributed by atoms with E-state index in [4.69, 9.17) is 16.1 Å². The second-order valence-corrected chi connectivity index (χ2v) is 5.60. The van der Waals surface area contributed by atoms with E-state index in [1.54, 1.807) is 44.2 Å². The van der Waals surface area contributed by atoms with Crippen LogP contribution in [0.4, 0.5) is 0 Å². The minimum atomic E-state index is -1.17. The van der Waals surface area contributed by atoms with Gasteiger partial charge in [-0.05, 0) is 31.5 Å². The van der Waals surface area contributed by atoms with Crippen LogP contribution >= 0.6 is 11.6 Å². The maximum absolute atomic E-state index is 11.8. The van der Waals surface area contributed by atoms with Gasteiger partial charge in [0.25, 0.3) is 0 Å². The van der Waals surface area contributed by atoms with Crippen LogP contribution in [0.25, 0.3) is 0 Å². The Morgan fingerprint density at radius 3 is 2.67 bits per heavy atom. The van der Waals surface area contributed by atoms with Crippen molar-refractivity contribution in [1.82, 2.24) is 10.5 Å². The second-order valence-electron chi connectivity index (χ2n) is 5.16. The van der Waals surface area contributed by atoms with Crippen molar-refractivity contribution in [3.63, 3.8) is 0 Å². The molecule has 1 aromatic carbocycles. The number of aryl methyl sites for hydroxylation is 1. The van der Waals surface area contributed by atoms with Gasteiger partial charge in [0.05, 0.1) is 18.7 Å². The summed E-state index contributed by atoms with van der Waals surface area (Å²) in [6, 6.07) is 8.57. The largest absolute Gasteiger partial charge is 0.384 e. The van der Waals surface area contributed by atoms with Crippen LogP contribution in [0.3, 0.4) is 0 Å². The fourth-order valence-electron chi connectivity index (χ4n) is 1.91. The summed E-state index contributed by atoms with van der Waals surface area (Å²) in [5, 5.41) is 17.4. The summed E-state index contributed by atoms with van der Waals surface area (Å²) in [7, 11) is 0. The van der Waals surface area contributed by atoms with E-state index in [9.17, 15) is 9.90 Å². The number of hydrogen-bond acceptors (Lipinski definition) is 4. The zero-order chi connectivity index (χ0) is 15.5. The third-order valence-corrected chi connectivity index (χ3v) is 3.37. The topological polar surface area (TPSA) is 75.4 Å². The number of amides is 1. The molecule has 1 unspecified atom stereocenters. The SMILES string of the molecule is Cc1cc(CC(=O)NCC(C)(O)c2ccc(Cl)cc2)no1. The first-order valence-corrected chi connectivity index (χ1v) is 6.92. The van der Waals surface area contributed by atoms with E-state index in [0.717, 1.165) is 0 Å². The number of hydrogen-bond donors (Lipinski definition) is 2. The number of nitrogens with zero attached hydrogens (tertiary/aromatic N) is 1. The maximum atomic E-state index is 11.8. The zero-order valence-electron chi connectivity index (χ0n) is 11.9. The predicted molar refractivity (Wildman–Crippen MR) is 79.0 cm³/mol. The Kier molecular flexibility index (Phi) is 4.65. The van der Waals surface area contributed by atoms with E-state index in [2.05, 4.69) is 10.5 Å². The van der Waals surface area contributed by atoms with Crippen molar-refractivity contribution >= 4 is 17.5 Å². The molecule has 0 saturated carbocycles. The van der Waals surface area contributed by atoms with E-state index in [1.807, 2.05) is 0 Å². The number of nitrogens with one attached hydrogen (secondary N) is 1. The highest BCUT2D eigenvalue weighted by Crippen LogP contribution is 2.21. The molecule has 6 heteroatoms. The molecule has 112 valence electrons. The molecular formula is C15H17ClN2O3. The summed E-state index contributed by atoms with van der Waals surface area (Å²) in [5.41, 5.74) is 0.0839. The van der Waals surface area contributed by atoms with Gasteiger partial charge in [0.1, 0.15) is 11.4 Å². The van der Waals surface area contributed by atoms with Crippen molar-refractivity contribution in [2.45, 2.75) is 25.9 Å². The molecule has 2 N–H and O–H groups in total. The summed E-state index contributed by atoms with van der Waals surface area (Å²) in [6.07, 6.45) is 0.119. The molecule has 0 radical (unpaired) electrons. The Morgan fingerprint density at radius 2 is 2.10 bits per heavy atom. The summed E-state index contributed by atoms with van der Waals surface area (Å²) >= 11 is 5.81. The van der Waals surface area contributed by atoms with Gasteiger partial charge in [-0.3, -0.25) is 4.79 Å². The van der Waals surface area contributed by atoms with E-state index in [0.29, 0.717) is 22.0 Å². The Bertz CT molecular complexity index is 620. The number of aromatic nitrogens is 1. The highest BCUT2D eigenvalue weighted by atomic mass is 35.5. The maximum Gasteiger partial charge on any atom is 0.226 e. The van der Waals surface area contributed by atoms with Gasteiger partial charge in [-0.1, -0.05) is 28.9 Å². The van der Waals surface area contributed by atoms with Gasteiger partial charge in [0.2, 0.25) is 5.91 Å². The first kappa shape index (κ1) is 15.5. The van der Waals surface area contributed by atoms with Crippen molar-refractivity contribution < 1.29 is 14.4 Å². The minimum absolute atomic E-state index is 0.101. The second kappa shape index (κ2) is 6.28. The molecule has 0 saturated heterocycles. The molecule has 0 aliphatic rings. The Balaban J connectivity index is 1.91. The van der Waals surface area contributed by atoms with Crippen LogP contribution in [0, 0.1) is 6.92 Å². The van der Waals surface area contributed by atoms with Crippen molar-refractivity contribution in [2.24, 2.45) is 0 Å². The average Bonchev–Trinajstić information content (AvgIpc) is 2.82. The smallest absolute Gasteiger partial charge is 0.226 e. The van der Waals surface area contributed by atoms with Crippen LogP contribution in [0.5, 0.6) is 0 Å². The van der Waals surface area contributed by atoms with Gasteiger partial charge in [-0.15, -0.1) is 0 Å². The predicted octanol–water partition coefficient (Wildman–Crippen LogP) is 2.20. The number of carbonyl (C=O) groups excluding carboxylic acids is 1. The number of benzene rings is 1. The third-order valence-electron chi connectivity index (χ3n) is 3.11. The standard InChI is InChI=1S/C15H17ClN2O3/c1-10-7-13(18-21-10)8-14(19)17-9-15(2,20)11-3-5-12(16)6-4-11/h3-7,20H,8-9H2,1-2H3,(H,17,19). The molecule has 21 heavy (non-hydrogen) atoms. The van der Waals surface area contributed by atoms with Gasteiger partial charge in [-0.2, -0.15) is 0 Å². The Hall–Kier alpha value is -1.85. The molecule has 1 heterocycles. The van der Waals surface area contributed by atoms with Crippen LogP contribution in [0.1, 0.15) is 23.9 Å². The number of halogens is 1. The lowest BCUT2D eigenvalue weighted by Crippen LogP contribution is -2.39. The van der Waals surface area contributed by atoms with E-state index >= 15 is 0 Å². The molecule has 0 fully saturated rings. The summed E-state index contributed by atoms with van der Waals surface area (Å²) in [5.74, 6) is 0.434. The third kappa shape index (κ3) is 4.31. The number of rotatable bonds is 5. The van der Waals surface area contributed by atoms with Gasteiger partial charge in [-0.25, -0.2) is 0 Å². The van der Waals surface area contributed by atoms with Crippen LogP contribution < -0.4 is 5.32 Å². The first-order valence-electron chi connectivity index (χ1n) is 6.54. The fraction of sp³-hybridized carbons (Fsp3) is 0.333. The van der Waals surface area contributed by atoms with Crippen molar-refractivity contribution in [3.05, 3.63) is 52.4 Å². The molecule has 0 bridgehead atoms.